The molecule has 0 heterocycles. The average molecular weight is 296 g/mol. The molecular formula is C14H11F3N2O2. The third-order valence-corrected chi connectivity index (χ3v) is 2.75. The Morgan fingerprint density at radius 3 is 2.33 bits per heavy atom. The fourth-order valence-electron chi connectivity index (χ4n) is 1.70. The van der Waals surface area contributed by atoms with Crippen LogP contribution in [0.3, 0.4) is 0 Å². The van der Waals surface area contributed by atoms with E-state index in [9.17, 15) is 18.0 Å². The highest BCUT2D eigenvalue weighted by Gasteiger charge is 2.17. The molecule has 21 heavy (non-hydrogen) atoms. The summed E-state index contributed by atoms with van der Waals surface area (Å²) in [5.74, 6) is -4.00. The Kier molecular flexibility index (Phi) is 4.02. The predicted molar refractivity (Wildman–Crippen MR) is 71.7 cm³/mol. The number of methoxy groups -OCH3 is 1. The van der Waals surface area contributed by atoms with Crippen LogP contribution in [0.25, 0.3) is 0 Å². The number of nitrogens with two attached hydrogens (primary N) is 1. The zero-order valence-corrected chi connectivity index (χ0v) is 10.9. The summed E-state index contributed by atoms with van der Waals surface area (Å²) < 4.78 is 44.7. The van der Waals surface area contributed by atoms with Crippen molar-refractivity contribution >= 4 is 17.3 Å². The molecule has 0 aliphatic heterocycles. The van der Waals surface area contributed by atoms with Crippen LogP contribution in [0.2, 0.25) is 0 Å². The van der Waals surface area contributed by atoms with Gasteiger partial charge in [0.1, 0.15) is 17.3 Å². The normalized spacial score (nSPS) is 10.3. The average Bonchev–Trinajstić information content (AvgIpc) is 2.43. The number of hydrogen-bond acceptors (Lipinski definition) is 3. The van der Waals surface area contributed by atoms with Gasteiger partial charge in [-0.05, 0) is 18.2 Å². The summed E-state index contributed by atoms with van der Waals surface area (Å²) in [4.78, 5) is 12.0. The maximum absolute atomic E-state index is 13.5. The van der Waals surface area contributed by atoms with E-state index in [1.165, 1.54) is 25.3 Å². The standard InChI is InChI=1S/C14H11F3N2O2/c1-21-8-2-3-12(18)9(6-8)14(20)19-13-10(16)4-7(15)5-11(13)17/h2-6H,18H2,1H3,(H,19,20). The molecule has 0 saturated heterocycles. The van der Waals surface area contributed by atoms with Crippen molar-refractivity contribution in [1.82, 2.24) is 0 Å². The number of nitrogen functional groups attached to an aromatic ring is 1. The van der Waals surface area contributed by atoms with Gasteiger partial charge in [0.2, 0.25) is 0 Å². The highest BCUT2D eigenvalue weighted by molar-refractivity contribution is 6.08. The number of carbonyl (C=O) groups is 1. The molecule has 7 heteroatoms. The molecule has 0 spiro atoms. The monoisotopic (exact) mass is 296 g/mol. The number of amides is 1. The molecule has 0 aliphatic rings. The molecule has 1 amide bonds. The molecule has 0 radical (unpaired) electrons. The summed E-state index contributed by atoms with van der Waals surface area (Å²) in [6, 6.07) is 5.21. The Hall–Kier alpha value is -2.70. The van der Waals surface area contributed by atoms with Gasteiger partial charge in [0.15, 0.2) is 11.6 Å². The zero-order valence-electron chi connectivity index (χ0n) is 10.9. The van der Waals surface area contributed by atoms with Crippen LogP contribution < -0.4 is 15.8 Å². The smallest absolute Gasteiger partial charge is 0.258 e. The van der Waals surface area contributed by atoms with E-state index in [0.29, 0.717) is 17.9 Å². The van der Waals surface area contributed by atoms with Crippen LogP contribution in [0, 0.1) is 17.5 Å². The minimum absolute atomic E-state index is 0.0162. The van der Waals surface area contributed by atoms with Crippen molar-refractivity contribution in [3.63, 3.8) is 0 Å². The summed E-state index contributed by atoms with van der Waals surface area (Å²) in [6.45, 7) is 0. The number of nitrogens with one attached hydrogen (secondary N) is 1. The zero-order chi connectivity index (χ0) is 15.6. The Balaban J connectivity index is 2.35. The van der Waals surface area contributed by atoms with E-state index in [1.54, 1.807) is 0 Å². The van der Waals surface area contributed by atoms with Crippen molar-refractivity contribution in [1.29, 1.82) is 0 Å². The number of anilines is 2. The first-order chi connectivity index (χ1) is 9.92. The van der Waals surface area contributed by atoms with Crippen molar-refractivity contribution in [3.05, 3.63) is 53.3 Å². The van der Waals surface area contributed by atoms with Crippen LogP contribution in [0.5, 0.6) is 5.75 Å². The van der Waals surface area contributed by atoms with Crippen LogP contribution >= 0.6 is 0 Å². The van der Waals surface area contributed by atoms with Crippen LogP contribution in [-0.2, 0) is 0 Å². The Bertz CT molecular complexity index is 682. The topological polar surface area (TPSA) is 64.3 Å². The first kappa shape index (κ1) is 14.7. The van der Waals surface area contributed by atoms with Gasteiger partial charge in [-0.1, -0.05) is 0 Å². The van der Waals surface area contributed by atoms with Crippen molar-refractivity contribution in [2.75, 3.05) is 18.2 Å². The van der Waals surface area contributed by atoms with Gasteiger partial charge in [0, 0.05) is 17.8 Å². The number of halogens is 3. The van der Waals surface area contributed by atoms with Crippen molar-refractivity contribution < 1.29 is 22.7 Å². The third kappa shape index (κ3) is 3.07. The SMILES string of the molecule is COc1ccc(N)c(C(=O)Nc2c(F)cc(F)cc2F)c1. The Morgan fingerprint density at radius 1 is 1.14 bits per heavy atom. The highest BCUT2D eigenvalue weighted by atomic mass is 19.1. The van der Waals surface area contributed by atoms with E-state index in [-0.39, 0.29) is 11.3 Å². The largest absolute Gasteiger partial charge is 0.497 e. The van der Waals surface area contributed by atoms with E-state index in [0.717, 1.165) is 0 Å². The molecular weight excluding hydrogens is 285 g/mol. The number of carbonyl (C=O) groups excluding carboxylic acids is 1. The summed E-state index contributed by atoms with van der Waals surface area (Å²) in [7, 11) is 1.40. The maximum atomic E-state index is 13.5. The Morgan fingerprint density at radius 2 is 1.76 bits per heavy atom. The molecule has 2 aromatic rings. The first-order valence-corrected chi connectivity index (χ1v) is 5.81. The van der Waals surface area contributed by atoms with Crippen LogP contribution in [0.1, 0.15) is 10.4 Å². The van der Waals surface area contributed by atoms with E-state index >= 15 is 0 Å². The van der Waals surface area contributed by atoms with E-state index in [2.05, 4.69) is 0 Å². The summed E-state index contributed by atoms with van der Waals surface area (Å²) >= 11 is 0. The molecule has 0 unspecified atom stereocenters. The second kappa shape index (κ2) is 5.74. The minimum atomic E-state index is -1.22. The lowest BCUT2D eigenvalue weighted by Crippen LogP contribution is -2.16. The molecule has 0 atom stereocenters. The minimum Gasteiger partial charge on any atom is -0.497 e. The van der Waals surface area contributed by atoms with E-state index in [1.807, 2.05) is 5.32 Å². The third-order valence-electron chi connectivity index (χ3n) is 2.75. The lowest BCUT2D eigenvalue weighted by Gasteiger charge is -2.10. The quantitative estimate of drug-likeness (QED) is 0.856. The van der Waals surface area contributed by atoms with Gasteiger partial charge in [-0.25, -0.2) is 13.2 Å². The first-order valence-electron chi connectivity index (χ1n) is 5.81. The molecule has 0 fully saturated rings. The Labute approximate surface area is 118 Å². The fourth-order valence-corrected chi connectivity index (χ4v) is 1.70. The second-order valence-corrected chi connectivity index (χ2v) is 4.15. The van der Waals surface area contributed by atoms with Gasteiger partial charge < -0.3 is 15.8 Å². The molecule has 2 rings (SSSR count). The number of ether oxygens (including phenoxy) is 1. The maximum Gasteiger partial charge on any atom is 0.258 e. The van der Waals surface area contributed by atoms with Crippen molar-refractivity contribution in [2.45, 2.75) is 0 Å². The number of hydrogen-bond donors (Lipinski definition) is 2. The molecule has 2 aromatic carbocycles. The molecule has 3 N–H and O–H groups in total. The fraction of sp³-hybridized carbons (Fsp3) is 0.0714. The van der Waals surface area contributed by atoms with Crippen LogP contribution in [0.15, 0.2) is 30.3 Å². The molecule has 0 saturated carbocycles. The summed E-state index contributed by atoms with van der Waals surface area (Å²) in [5.41, 5.74) is 4.98. The van der Waals surface area contributed by atoms with Crippen molar-refractivity contribution in [2.24, 2.45) is 0 Å². The highest BCUT2D eigenvalue weighted by Crippen LogP contribution is 2.24. The van der Waals surface area contributed by atoms with Gasteiger partial charge in [0.05, 0.1) is 12.7 Å². The van der Waals surface area contributed by atoms with E-state index in [4.69, 9.17) is 10.5 Å². The molecule has 0 aliphatic carbocycles. The number of rotatable bonds is 3. The molecule has 0 aromatic heterocycles. The molecule has 0 bridgehead atoms. The lowest BCUT2D eigenvalue weighted by molar-refractivity contribution is 0.102. The second-order valence-electron chi connectivity index (χ2n) is 4.15. The van der Waals surface area contributed by atoms with Crippen LogP contribution in [0.4, 0.5) is 24.5 Å². The predicted octanol–water partition coefficient (Wildman–Crippen LogP) is 2.95. The van der Waals surface area contributed by atoms with Gasteiger partial charge in [0.25, 0.3) is 5.91 Å². The summed E-state index contributed by atoms with van der Waals surface area (Å²) in [5, 5.41) is 2.02. The van der Waals surface area contributed by atoms with Gasteiger partial charge in [-0.3, -0.25) is 4.79 Å². The molecule has 4 nitrogen and oxygen atoms in total. The van der Waals surface area contributed by atoms with Gasteiger partial charge in [-0.15, -0.1) is 0 Å². The number of benzene rings is 2. The van der Waals surface area contributed by atoms with Crippen molar-refractivity contribution in [3.8, 4) is 5.75 Å². The summed E-state index contributed by atoms with van der Waals surface area (Å²) in [6.07, 6.45) is 0. The van der Waals surface area contributed by atoms with Gasteiger partial charge in [-0.2, -0.15) is 0 Å². The van der Waals surface area contributed by atoms with E-state index < -0.39 is 29.0 Å². The molecule has 110 valence electrons. The lowest BCUT2D eigenvalue weighted by atomic mass is 10.1. The van der Waals surface area contributed by atoms with Gasteiger partial charge >= 0.3 is 0 Å². The van der Waals surface area contributed by atoms with Crippen LogP contribution in [-0.4, -0.2) is 13.0 Å².